The van der Waals surface area contributed by atoms with Crippen LogP contribution < -0.4 is 5.32 Å². The number of aliphatic hydroxyl groups is 1. The van der Waals surface area contributed by atoms with E-state index in [4.69, 9.17) is 27.9 Å². The highest BCUT2D eigenvalue weighted by Crippen LogP contribution is 2.45. The number of alkyl halides is 1. The van der Waals surface area contributed by atoms with Gasteiger partial charge in [0.25, 0.3) is 5.91 Å². The first-order chi connectivity index (χ1) is 11.8. The molecule has 1 heterocycles. The lowest BCUT2D eigenvalue weighted by Gasteiger charge is -2.36. The molecule has 0 radical (unpaired) electrons. The molecule has 0 bridgehead atoms. The van der Waals surface area contributed by atoms with Crippen LogP contribution in [0.2, 0.25) is 10.0 Å². The van der Waals surface area contributed by atoms with Gasteiger partial charge in [-0.15, -0.1) is 0 Å². The number of aliphatic hydroxyl groups excluding tert-OH is 1. The lowest BCUT2D eigenvalue weighted by atomic mass is 9.79. The molecule has 0 atom stereocenters. The molecule has 136 valence electrons. The highest BCUT2D eigenvalue weighted by Gasteiger charge is 2.48. The van der Waals surface area contributed by atoms with Gasteiger partial charge in [0, 0.05) is 22.1 Å². The Labute approximate surface area is 171 Å². The number of nitrogens with one attached hydrogen (secondary N) is 1. The van der Waals surface area contributed by atoms with Crippen LogP contribution in [0.1, 0.15) is 42.4 Å². The average Bonchev–Trinajstić information content (AvgIpc) is 2.82. The predicted molar refractivity (Wildman–Crippen MR) is 109 cm³/mol. The zero-order valence-electron chi connectivity index (χ0n) is 14.1. The summed E-state index contributed by atoms with van der Waals surface area (Å²) >= 11 is 14.9. The van der Waals surface area contributed by atoms with Gasteiger partial charge in [0.15, 0.2) is 0 Å². The van der Waals surface area contributed by atoms with Crippen molar-refractivity contribution in [2.75, 3.05) is 7.11 Å². The van der Waals surface area contributed by atoms with Gasteiger partial charge < -0.3 is 15.2 Å². The lowest BCUT2D eigenvalue weighted by Crippen LogP contribution is -2.48. The zero-order chi connectivity index (χ0) is 18.4. The molecule has 1 aromatic carbocycles. The Balaban J connectivity index is 2.11. The van der Waals surface area contributed by atoms with Crippen LogP contribution in [0, 0.1) is 6.92 Å². The highest BCUT2D eigenvalue weighted by molar-refractivity contribution is 14.1. The molecule has 7 heteroatoms. The van der Waals surface area contributed by atoms with Gasteiger partial charge in [-0.2, -0.15) is 0 Å². The maximum Gasteiger partial charge on any atom is 0.256 e. The third-order valence-corrected chi connectivity index (χ3v) is 6.83. The number of amides is 1. The van der Waals surface area contributed by atoms with Gasteiger partial charge in [-0.05, 0) is 49.8 Å². The molecule has 25 heavy (non-hydrogen) atoms. The number of rotatable bonds is 3. The van der Waals surface area contributed by atoms with Gasteiger partial charge in [0.1, 0.15) is 5.76 Å². The van der Waals surface area contributed by atoms with Crippen molar-refractivity contribution in [1.82, 2.24) is 5.32 Å². The number of ether oxygens (including phenoxy) is 1. The molecule has 1 aromatic rings. The maximum absolute atomic E-state index is 12.8. The smallest absolute Gasteiger partial charge is 0.256 e. The van der Waals surface area contributed by atoms with Crippen molar-refractivity contribution in [3.8, 4) is 0 Å². The van der Waals surface area contributed by atoms with Gasteiger partial charge in [-0.1, -0.05) is 45.8 Å². The Kier molecular flexibility index (Phi) is 5.59. The molecule has 1 saturated carbocycles. The first kappa shape index (κ1) is 19.3. The van der Waals surface area contributed by atoms with Crippen LogP contribution in [0.5, 0.6) is 0 Å². The molecule has 2 N–H and O–H groups in total. The standard InChI is InChI=1S/C18H20Cl2INO3/c1-9-11(8-21)14(13(20)7-12(9)19)15-16(23)18(22-17(15)24)5-3-10(25-2)4-6-18/h7,10,23H,3-6,8H2,1-2H3,(H,22,24). The van der Waals surface area contributed by atoms with E-state index in [2.05, 4.69) is 27.9 Å². The third kappa shape index (κ3) is 3.17. The molecule has 0 aromatic heterocycles. The molecule has 2 aliphatic rings. The molecular formula is C18H20Cl2INO3. The van der Waals surface area contributed by atoms with Crippen LogP contribution in [0.25, 0.3) is 5.57 Å². The van der Waals surface area contributed by atoms with Gasteiger partial charge in [0.05, 0.1) is 22.2 Å². The van der Waals surface area contributed by atoms with E-state index in [0.29, 0.717) is 32.9 Å². The van der Waals surface area contributed by atoms with Crippen LogP contribution in [-0.2, 0) is 14.0 Å². The van der Waals surface area contributed by atoms with Gasteiger partial charge in [-0.3, -0.25) is 4.79 Å². The van der Waals surface area contributed by atoms with Crippen LogP contribution in [-0.4, -0.2) is 29.8 Å². The Morgan fingerprint density at radius 1 is 1.36 bits per heavy atom. The second kappa shape index (κ2) is 7.25. The monoisotopic (exact) mass is 495 g/mol. The predicted octanol–water partition coefficient (Wildman–Crippen LogP) is 4.96. The van der Waals surface area contributed by atoms with Crippen molar-refractivity contribution >= 4 is 57.3 Å². The molecule has 1 amide bonds. The summed E-state index contributed by atoms with van der Waals surface area (Å²) < 4.78 is 6.05. The summed E-state index contributed by atoms with van der Waals surface area (Å²) in [6.07, 6.45) is 3.05. The average molecular weight is 496 g/mol. The summed E-state index contributed by atoms with van der Waals surface area (Å²) in [4.78, 5) is 12.8. The number of hydrogen-bond acceptors (Lipinski definition) is 3. The van der Waals surface area contributed by atoms with Crippen molar-refractivity contribution in [3.05, 3.63) is 38.6 Å². The summed E-state index contributed by atoms with van der Waals surface area (Å²) in [5.41, 5.74) is 1.94. The van der Waals surface area contributed by atoms with Crippen molar-refractivity contribution < 1.29 is 14.6 Å². The number of carbonyl (C=O) groups is 1. The molecule has 0 unspecified atom stereocenters. The van der Waals surface area contributed by atoms with E-state index in [1.165, 1.54) is 0 Å². The molecule has 3 rings (SSSR count). The first-order valence-electron chi connectivity index (χ1n) is 8.17. The van der Waals surface area contributed by atoms with Crippen molar-refractivity contribution in [2.24, 2.45) is 0 Å². The van der Waals surface area contributed by atoms with Gasteiger partial charge in [0.2, 0.25) is 0 Å². The van der Waals surface area contributed by atoms with Crippen LogP contribution in [0.4, 0.5) is 0 Å². The number of halogens is 3. The van der Waals surface area contributed by atoms with E-state index < -0.39 is 5.54 Å². The van der Waals surface area contributed by atoms with Crippen molar-refractivity contribution in [1.29, 1.82) is 0 Å². The quantitative estimate of drug-likeness (QED) is 0.460. The van der Waals surface area contributed by atoms with E-state index in [1.54, 1.807) is 13.2 Å². The lowest BCUT2D eigenvalue weighted by molar-refractivity contribution is -0.116. The fourth-order valence-corrected chi connectivity index (χ4v) is 5.35. The Hall–Kier alpha value is -0.500. The number of methoxy groups -OCH3 is 1. The minimum atomic E-state index is -0.707. The van der Waals surface area contributed by atoms with E-state index in [9.17, 15) is 9.90 Å². The third-order valence-electron chi connectivity index (χ3n) is 5.38. The molecule has 1 spiro atoms. The van der Waals surface area contributed by atoms with E-state index in [-0.39, 0.29) is 23.3 Å². The van der Waals surface area contributed by atoms with Gasteiger partial charge >= 0.3 is 0 Å². The zero-order valence-corrected chi connectivity index (χ0v) is 17.8. The summed E-state index contributed by atoms with van der Waals surface area (Å²) in [5, 5.41) is 15.0. The minimum absolute atomic E-state index is 0.0989. The van der Waals surface area contributed by atoms with Crippen molar-refractivity contribution in [2.45, 2.75) is 48.7 Å². The molecule has 1 aliphatic carbocycles. The first-order valence-corrected chi connectivity index (χ1v) is 10.5. The fraction of sp³-hybridized carbons (Fsp3) is 0.500. The van der Waals surface area contributed by atoms with Crippen LogP contribution in [0.3, 0.4) is 0 Å². The van der Waals surface area contributed by atoms with E-state index in [1.807, 2.05) is 6.92 Å². The van der Waals surface area contributed by atoms with Crippen LogP contribution in [0.15, 0.2) is 11.8 Å². The number of carbonyl (C=O) groups excluding carboxylic acids is 1. The maximum atomic E-state index is 12.8. The SMILES string of the molecule is COC1CCC2(CC1)NC(=O)C(c1c(Cl)cc(Cl)c(C)c1CI)=C2O. The summed E-state index contributed by atoms with van der Waals surface area (Å²) in [6.45, 7) is 1.90. The van der Waals surface area contributed by atoms with E-state index >= 15 is 0 Å². The summed E-state index contributed by atoms with van der Waals surface area (Å²) in [6, 6.07) is 1.64. The molecule has 1 aliphatic heterocycles. The largest absolute Gasteiger partial charge is 0.509 e. The topological polar surface area (TPSA) is 58.6 Å². The summed E-state index contributed by atoms with van der Waals surface area (Å²) in [7, 11) is 1.69. The van der Waals surface area contributed by atoms with Crippen molar-refractivity contribution in [3.63, 3.8) is 0 Å². The molecule has 4 nitrogen and oxygen atoms in total. The normalized spacial score (nSPS) is 26.4. The van der Waals surface area contributed by atoms with Gasteiger partial charge in [-0.25, -0.2) is 0 Å². The number of hydrogen-bond donors (Lipinski definition) is 2. The Bertz CT molecular complexity index is 755. The fourth-order valence-electron chi connectivity index (χ4n) is 3.80. The molecule has 1 fully saturated rings. The molecule has 0 saturated heterocycles. The highest BCUT2D eigenvalue weighted by atomic mass is 127. The minimum Gasteiger partial charge on any atom is -0.509 e. The molecular weight excluding hydrogens is 476 g/mol. The second-order valence-electron chi connectivity index (χ2n) is 6.65. The van der Waals surface area contributed by atoms with E-state index in [0.717, 1.165) is 24.0 Å². The Morgan fingerprint density at radius 3 is 2.56 bits per heavy atom. The second-order valence-corrected chi connectivity index (χ2v) is 8.22. The summed E-state index contributed by atoms with van der Waals surface area (Å²) in [5.74, 6) is -0.176. The van der Waals surface area contributed by atoms with Crippen LogP contribution >= 0.6 is 45.8 Å². The Morgan fingerprint density at radius 2 is 2.00 bits per heavy atom. The number of benzene rings is 1.